The van der Waals surface area contributed by atoms with Crippen LogP contribution in [0.1, 0.15) is 39.7 Å². The summed E-state index contributed by atoms with van der Waals surface area (Å²) in [6.07, 6.45) is 3.48. The molecule has 0 spiro atoms. The number of carboxylic acid groups (broad SMARTS) is 1. The number of nitrogens with zero attached hydrogens (tertiary/aromatic N) is 3. The van der Waals surface area contributed by atoms with E-state index in [1.807, 2.05) is 29.3 Å². The Morgan fingerprint density at radius 1 is 1.48 bits per heavy atom. The highest BCUT2D eigenvalue weighted by atomic mass is 32.1. The summed E-state index contributed by atoms with van der Waals surface area (Å²) >= 11 is 1.58. The zero-order chi connectivity index (χ0) is 16.4. The molecule has 3 rings (SSSR count). The van der Waals surface area contributed by atoms with Gasteiger partial charge in [0.05, 0.1) is 5.56 Å². The van der Waals surface area contributed by atoms with Crippen LogP contribution < -0.4 is 0 Å². The van der Waals surface area contributed by atoms with Crippen molar-refractivity contribution in [1.82, 2.24) is 14.7 Å². The van der Waals surface area contributed by atoms with E-state index in [1.165, 1.54) is 4.68 Å². The second kappa shape index (κ2) is 6.54. The smallest absolute Gasteiger partial charge is 0.325 e. The molecule has 0 aliphatic carbocycles. The lowest BCUT2D eigenvalue weighted by atomic mass is 9.94. The average Bonchev–Trinajstić information content (AvgIpc) is 3.15. The van der Waals surface area contributed by atoms with Crippen molar-refractivity contribution in [3.63, 3.8) is 0 Å². The molecule has 1 N–H and O–H groups in total. The molecule has 23 heavy (non-hydrogen) atoms. The first-order valence-electron chi connectivity index (χ1n) is 7.62. The molecule has 0 saturated carbocycles. The quantitative estimate of drug-likeness (QED) is 0.932. The molecule has 1 amide bonds. The van der Waals surface area contributed by atoms with Gasteiger partial charge in [-0.15, -0.1) is 11.3 Å². The summed E-state index contributed by atoms with van der Waals surface area (Å²) in [7, 11) is 0. The summed E-state index contributed by atoms with van der Waals surface area (Å²) in [6.45, 7) is 3.21. The second-order valence-electron chi connectivity index (χ2n) is 5.84. The first kappa shape index (κ1) is 15.7. The topological polar surface area (TPSA) is 75.4 Å². The van der Waals surface area contributed by atoms with Crippen LogP contribution in [-0.4, -0.2) is 44.8 Å². The summed E-state index contributed by atoms with van der Waals surface area (Å²) in [5.41, 5.74) is 1.64. The molecule has 1 aliphatic rings. The van der Waals surface area contributed by atoms with Crippen LogP contribution in [-0.2, 0) is 11.3 Å². The number of aliphatic carboxylic acids is 1. The molecule has 122 valence electrons. The molecule has 0 bridgehead atoms. The van der Waals surface area contributed by atoms with Gasteiger partial charge in [-0.25, -0.2) is 0 Å². The molecule has 0 unspecified atom stereocenters. The lowest BCUT2D eigenvalue weighted by molar-refractivity contribution is -0.137. The van der Waals surface area contributed by atoms with E-state index in [1.54, 1.807) is 17.5 Å². The van der Waals surface area contributed by atoms with Crippen molar-refractivity contribution in [3.8, 4) is 0 Å². The third-order valence-electron chi connectivity index (χ3n) is 4.14. The molecule has 7 heteroatoms. The van der Waals surface area contributed by atoms with Crippen LogP contribution >= 0.6 is 11.3 Å². The van der Waals surface area contributed by atoms with Gasteiger partial charge in [-0.2, -0.15) is 5.10 Å². The van der Waals surface area contributed by atoms with Crippen LogP contribution in [0.4, 0.5) is 0 Å². The molecule has 0 aromatic carbocycles. The highest BCUT2D eigenvalue weighted by Gasteiger charge is 2.28. The van der Waals surface area contributed by atoms with Gasteiger partial charge in [-0.3, -0.25) is 14.3 Å². The zero-order valence-electron chi connectivity index (χ0n) is 12.9. The van der Waals surface area contributed by atoms with E-state index in [2.05, 4.69) is 5.10 Å². The molecule has 1 saturated heterocycles. The summed E-state index contributed by atoms with van der Waals surface area (Å²) in [6, 6.07) is 3.78. The van der Waals surface area contributed by atoms with Gasteiger partial charge in [0, 0.05) is 41.2 Å². The zero-order valence-corrected chi connectivity index (χ0v) is 13.8. The Balaban J connectivity index is 1.75. The predicted molar refractivity (Wildman–Crippen MR) is 86.8 cm³/mol. The fraction of sp³-hybridized carbons (Fsp3) is 0.438. The number of hydrogen-bond donors (Lipinski definition) is 1. The summed E-state index contributed by atoms with van der Waals surface area (Å²) in [5, 5.41) is 15.0. The Hall–Kier alpha value is -2.15. The van der Waals surface area contributed by atoms with E-state index in [-0.39, 0.29) is 18.4 Å². The summed E-state index contributed by atoms with van der Waals surface area (Å²) in [5.74, 6) is -0.718. The minimum absolute atomic E-state index is 0.0587. The van der Waals surface area contributed by atoms with E-state index in [0.29, 0.717) is 6.54 Å². The van der Waals surface area contributed by atoms with Crippen molar-refractivity contribution in [2.45, 2.75) is 32.2 Å². The van der Waals surface area contributed by atoms with Crippen LogP contribution in [0.25, 0.3) is 0 Å². The lowest BCUT2D eigenvalue weighted by Gasteiger charge is -2.32. The molecule has 2 aromatic rings. The normalized spacial score (nSPS) is 18.1. The van der Waals surface area contributed by atoms with Crippen molar-refractivity contribution in [1.29, 1.82) is 0 Å². The third kappa shape index (κ3) is 3.44. The maximum Gasteiger partial charge on any atom is 0.325 e. The van der Waals surface area contributed by atoms with E-state index in [9.17, 15) is 9.59 Å². The van der Waals surface area contributed by atoms with Crippen LogP contribution in [0.15, 0.2) is 23.7 Å². The van der Waals surface area contributed by atoms with Crippen LogP contribution in [0.5, 0.6) is 0 Å². The van der Waals surface area contributed by atoms with Gasteiger partial charge in [0.2, 0.25) is 0 Å². The van der Waals surface area contributed by atoms with Gasteiger partial charge in [0.25, 0.3) is 5.91 Å². The van der Waals surface area contributed by atoms with Gasteiger partial charge in [-0.1, -0.05) is 0 Å². The van der Waals surface area contributed by atoms with Gasteiger partial charge in [0.1, 0.15) is 6.54 Å². The molecule has 3 heterocycles. The molecule has 2 aromatic heterocycles. The van der Waals surface area contributed by atoms with Gasteiger partial charge in [0.15, 0.2) is 0 Å². The Labute approximate surface area is 138 Å². The fourth-order valence-electron chi connectivity index (χ4n) is 3.09. The van der Waals surface area contributed by atoms with E-state index < -0.39 is 5.97 Å². The number of carbonyl (C=O) groups is 2. The number of carbonyl (C=O) groups excluding carboxylic acids is 1. The molecule has 1 atom stereocenters. The van der Waals surface area contributed by atoms with E-state index >= 15 is 0 Å². The van der Waals surface area contributed by atoms with Crippen LogP contribution in [0.2, 0.25) is 0 Å². The highest BCUT2D eigenvalue weighted by molar-refractivity contribution is 7.10. The number of likely N-dealkylation sites (tertiary alicyclic amines) is 1. The first-order chi connectivity index (χ1) is 11.0. The SMILES string of the molecule is Cc1cc(C(=O)N2CCC[C@H](c3ccnn3CC(=O)O)C2)cs1. The molecule has 1 aliphatic heterocycles. The molecule has 1 fully saturated rings. The number of aromatic nitrogens is 2. The van der Waals surface area contributed by atoms with Gasteiger partial charge >= 0.3 is 5.97 Å². The Kier molecular flexibility index (Phi) is 4.47. The van der Waals surface area contributed by atoms with Crippen molar-refractivity contribution in [2.75, 3.05) is 13.1 Å². The van der Waals surface area contributed by atoms with E-state index in [0.717, 1.165) is 35.5 Å². The number of thiophene rings is 1. The monoisotopic (exact) mass is 333 g/mol. The number of hydrogen-bond acceptors (Lipinski definition) is 4. The Morgan fingerprint density at radius 2 is 2.30 bits per heavy atom. The number of aryl methyl sites for hydroxylation is 1. The minimum atomic E-state index is -0.910. The van der Waals surface area contributed by atoms with Crippen LogP contribution in [0.3, 0.4) is 0 Å². The average molecular weight is 333 g/mol. The summed E-state index contributed by atoms with van der Waals surface area (Å²) < 4.78 is 1.52. The van der Waals surface area contributed by atoms with Crippen LogP contribution in [0, 0.1) is 6.92 Å². The number of amides is 1. The lowest BCUT2D eigenvalue weighted by Crippen LogP contribution is -2.39. The highest BCUT2D eigenvalue weighted by Crippen LogP contribution is 2.28. The molecular formula is C16H19N3O3S. The predicted octanol–water partition coefficient (Wildman–Crippen LogP) is 2.36. The van der Waals surface area contributed by atoms with Crippen molar-refractivity contribution < 1.29 is 14.7 Å². The standard InChI is InChI=1S/C16H19N3O3S/c1-11-7-13(10-23-11)16(22)18-6-2-3-12(8-18)14-4-5-17-19(14)9-15(20)21/h4-5,7,10,12H,2-3,6,8-9H2,1H3,(H,20,21)/t12-/m0/s1. The number of rotatable bonds is 4. The third-order valence-corrected chi connectivity index (χ3v) is 5.00. The maximum atomic E-state index is 12.6. The summed E-state index contributed by atoms with van der Waals surface area (Å²) in [4.78, 5) is 26.5. The van der Waals surface area contributed by atoms with E-state index in [4.69, 9.17) is 5.11 Å². The van der Waals surface area contributed by atoms with Crippen molar-refractivity contribution in [3.05, 3.63) is 39.8 Å². The first-order valence-corrected chi connectivity index (χ1v) is 8.50. The Bertz CT molecular complexity index is 722. The van der Waals surface area contributed by atoms with Crippen molar-refractivity contribution >= 4 is 23.2 Å². The minimum Gasteiger partial charge on any atom is -0.480 e. The van der Waals surface area contributed by atoms with Gasteiger partial charge in [-0.05, 0) is 31.9 Å². The number of carboxylic acids is 1. The second-order valence-corrected chi connectivity index (χ2v) is 6.96. The number of piperidine rings is 1. The maximum absolute atomic E-state index is 12.6. The van der Waals surface area contributed by atoms with Crippen molar-refractivity contribution in [2.24, 2.45) is 0 Å². The fourth-order valence-corrected chi connectivity index (χ4v) is 3.77. The molecular weight excluding hydrogens is 314 g/mol. The van der Waals surface area contributed by atoms with Gasteiger partial charge < -0.3 is 10.0 Å². The molecule has 6 nitrogen and oxygen atoms in total. The largest absolute Gasteiger partial charge is 0.480 e. The molecule has 0 radical (unpaired) electrons. The Morgan fingerprint density at radius 3 is 3.00 bits per heavy atom.